The molecule has 1 heterocycles. The summed E-state index contributed by atoms with van der Waals surface area (Å²) in [6.07, 6.45) is 1.70. The van der Waals surface area contributed by atoms with E-state index in [1.165, 1.54) is 0 Å². The molecule has 0 amide bonds. The molecule has 1 aromatic heterocycles. The van der Waals surface area contributed by atoms with Gasteiger partial charge in [-0.2, -0.15) is 0 Å². The van der Waals surface area contributed by atoms with E-state index in [4.69, 9.17) is 4.52 Å². The van der Waals surface area contributed by atoms with Gasteiger partial charge in [-0.15, -0.1) is 0 Å². The molecular weight excluding hydrogens is 145 g/mol. The van der Waals surface area contributed by atoms with Crippen LogP contribution in [0.4, 0.5) is 4.39 Å². The Balaban J connectivity index is 0.000000281. The fourth-order valence-electron chi connectivity index (χ4n) is 0.810. The van der Waals surface area contributed by atoms with Crippen molar-refractivity contribution in [2.45, 2.75) is 0 Å². The number of alkyl halides is 1. The number of hydrogen-bond acceptors (Lipinski definition) is 2. The molecule has 2 rings (SSSR count). The van der Waals surface area contributed by atoms with Gasteiger partial charge in [0.1, 0.15) is 0 Å². The highest BCUT2D eigenvalue weighted by atomic mass is 19.1. The maximum absolute atomic E-state index is 9.50. The van der Waals surface area contributed by atoms with E-state index in [1.807, 2.05) is 24.3 Å². The zero-order chi connectivity index (χ0) is 8.10. The van der Waals surface area contributed by atoms with Crippen molar-refractivity contribution in [1.82, 2.24) is 5.16 Å². The summed E-state index contributed by atoms with van der Waals surface area (Å²) in [7, 11) is 0.500. The van der Waals surface area contributed by atoms with Crippen molar-refractivity contribution >= 4 is 11.0 Å². The van der Waals surface area contributed by atoms with Gasteiger partial charge in [0, 0.05) is 5.39 Å². The van der Waals surface area contributed by atoms with E-state index in [1.54, 1.807) is 6.20 Å². The number of rotatable bonds is 0. The third-order valence-electron chi connectivity index (χ3n) is 1.26. The van der Waals surface area contributed by atoms with Crippen LogP contribution in [0.3, 0.4) is 0 Å². The minimum Gasteiger partial charge on any atom is -0.356 e. The molecule has 0 radical (unpaired) electrons. The number of hydrogen-bond donors (Lipinski definition) is 0. The lowest BCUT2D eigenvalue weighted by Gasteiger charge is -1.78. The Morgan fingerprint density at radius 2 is 2.00 bits per heavy atom. The second kappa shape index (κ2) is 3.71. The highest BCUT2D eigenvalue weighted by molar-refractivity contribution is 5.75. The maximum Gasteiger partial charge on any atom is 0.166 e. The summed E-state index contributed by atoms with van der Waals surface area (Å²) in [6, 6.07) is 7.74. The van der Waals surface area contributed by atoms with Crippen molar-refractivity contribution in [1.29, 1.82) is 0 Å². The predicted molar refractivity (Wildman–Crippen MR) is 41.0 cm³/mol. The average Bonchev–Trinajstić information content (AvgIpc) is 2.55. The summed E-state index contributed by atoms with van der Waals surface area (Å²) in [6.45, 7) is 0. The summed E-state index contributed by atoms with van der Waals surface area (Å²) in [5.74, 6) is 0. The van der Waals surface area contributed by atoms with Crippen molar-refractivity contribution in [3.8, 4) is 0 Å². The third kappa shape index (κ3) is 1.55. The summed E-state index contributed by atoms with van der Waals surface area (Å²) in [4.78, 5) is 0. The topological polar surface area (TPSA) is 26.0 Å². The Kier molecular flexibility index (Phi) is 2.60. The summed E-state index contributed by atoms with van der Waals surface area (Å²) in [5.41, 5.74) is 0.845. The number of aromatic nitrogens is 1. The summed E-state index contributed by atoms with van der Waals surface area (Å²) < 4.78 is 14.4. The minimum absolute atomic E-state index is 0.500. The second-order valence-electron chi connectivity index (χ2n) is 1.86. The lowest BCUT2D eigenvalue weighted by Crippen LogP contribution is -1.57. The highest BCUT2D eigenvalue weighted by Crippen LogP contribution is 2.10. The van der Waals surface area contributed by atoms with Crippen LogP contribution in [0.25, 0.3) is 11.0 Å². The molecule has 0 N–H and O–H groups in total. The number of halogens is 1. The lowest BCUT2D eigenvalue weighted by atomic mass is 10.3. The summed E-state index contributed by atoms with van der Waals surface area (Å²) in [5, 5.41) is 4.68. The third-order valence-corrected chi connectivity index (χ3v) is 1.26. The molecule has 0 bridgehead atoms. The molecule has 0 atom stereocenters. The Bertz CT molecular complexity index is 288. The summed E-state index contributed by atoms with van der Waals surface area (Å²) >= 11 is 0. The van der Waals surface area contributed by atoms with Crippen molar-refractivity contribution in [2.75, 3.05) is 7.18 Å². The van der Waals surface area contributed by atoms with Crippen LogP contribution in [-0.4, -0.2) is 12.3 Å². The number of nitrogens with zero attached hydrogens (tertiary/aromatic N) is 1. The number of benzene rings is 1. The normalized spacial score (nSPS) is 8.91. The van der Waals surface area contributed by atoms with Crippen LogP contribution < -0.4 is 0 Å². The largest absolute Gasteiger partial charge is 0.356 e. The molecule has 2 nitrogen and oxygen atoms in total. The Hall–Kier alpha value is -1.38. The quantitative estimate of drug-likeness (QED) is 0.580. The number of para-hydroxylation sites is 1. The van der Waals surface area contributed by atoms with Crippen molar-refractivity contribution in [2.24, 2.45) is 0 Å². The van der Waals surface area contributed by atoms with Crippen molar-refractivity contribution < 1.29 is 8.91 Å². The molecule has 0 aliphatic rings. The van der Waals surface area contributed by atoms with E-state index in [0.717, 1.165) is 11.0 Å². The van der Waals surface area contributed by atoms with Crippen LogP contribution in [0, 0.1) is 0 Å². The molecule has 3 heteroatoms. The van der Waals surface area contributed by atoms with E-state index in [2.05, 4.69) is 5.16 Å². The highest BCUT2D eigenvalue weighted by Gasteiger charge is 1.91. The average molecular weight is 153 g/mol. The van der Waals surface area contributed by atoms with Gasteiger partial charge in [0.15, 0.2) is 5.58 Å². The maximum atomic E-state index is 9.50. The molecule has 0 aliphatic carbocycles. The van der Waals surface area contributed by atoms with Crippen LogP contribution >= 0.6 is 0 Å². The molecule has 0 saturated carbocycles. The Morgan fingerprint density at radius 3 is 2.73 bits per heavy atom. The monoisotopic (exact) mass is 153 g/mol. The van der Waals surface area contributed by atoms with Gasteiger partial charge in [-0.05, 0) is 12.1 Å². The van der Waals surface area contributed by atoms with E-state index >= 15 is 0 Å². The van der Waals surface area contributed by atoms with E-state index < -0.39 is 0 Å². The number of fused-ring (bicyclic) bond motifs is 1. The van der Waals surface area contributed by atoms with Crippen LogP contribution in [0.15, 0.2) is 35.0 Å². The van der Waals surface area contributed by atoms with Crippen molar-refractivity contribution in [3.05, 3.63) is 30.5 Å². The molecule has 2 aromatic rings. The molecular formula is C8H8FNO. The minimum atomic E-state index is 0.500. The van der Waals surface area contributed by atoms with Crippen LogP contribution in [0.5, 0.6) is 0 Å². The van der Waals surface area contributed by atoms with Crippen molar-refractivity contribution in [3.63, 3.8) is 0 Å². The van der Waals surface area contributed by atoms with Gasteiger partial charge in [0.2, 0.25) is 0 Å². The first-order valence-electron chi connectivity index (χ1n) is 3.14. The van der Waals surface area contributed by atoms with Gasteiger partial charge in [-0.1, -0.05) is 17.3 Å². The Morgan fingerprint density at radius 1 is 1.27 bits per heavy atom. The van der Waals surface area contributed by atoms with Gasteiger partial charge >= 0.3 is 0 Å². The first-order chi connectivity index (χ1) is 5.47. The SMILES string of the molecule is CF.c1ccc2oncc2c1. The molecule has 11 heavy (non-hydrogen) atoms. The van der Waals surface area contributed by atoms with Gasteiger partial charge in [0.05, 0.1) is 13.4 Å². The zero-order valence-electron chi connectivity index (χ0n) is 6.12. The van der Waals surface area contributed by atoms with E-state index in [-0.39, 0.29) is 0 Å². The first-order valence-corrected chi connectivity index (χ1v) is 3.14. The molecule has 0 saturated heterocycles. The molecule has 0 aliphatic heterocycles. The van der Waals surface area contributed by atoms with E-state index in [0.29, 0.717) is 7.18 Å². The fraction of sp³-hybridized carbons (Fsp3) is 0.125. The fourth-order valence-corrected chi connectivity index (χ4v) is 0.810. The first kappa shape index (κ1) is 7.72. The molecule has 0 fully saturated rings. The molecule has 0 unspecified atom stereocenters. The van der Waals surface area contributed by atoms with Gasteiger partial charge in [-0.25, -0.2) is 0 Å². The molecule has 58 valence electrons. The van der Waals surface area contributed by atoms with Gasteiger partial charge in [0.25, 0.3) is 0 Å². The molecule has 1 aromatic carbocycles. The standard InChI is InChI=1S/C7H5NO.CH3F/c1-2-4-7-6(3-1)5-8-9-7;1-2/h1-5H;1H3. The van der Waals surface area contributed by atoms with Gasteiger partial charge in [-0.3, -0.25) is 4.39 Å². The second-order valence-corrected chi connectivity index (χ2v) is 1.86. The Labute approximate surface area is 63.6 Å². The van der Waals surface area contributed by atoms with Crippen LogP contribution in [0.1, 0.15) is 0 Å². The van der Waals surface area contributed by atoms with Gasteiger partial charge < -0.3 is 4.52 Å². The van der Waals surface area contributed by atoms with E-state index in [9.17, 15) is 4.39 Å². The zero-order valence-corrected chi connectivity index (χ0v) is 6.12. The lowest BCUT2D eigenvalue weighted by molar-refractivity contribution is 0.456. The predicted octanol–water partition coefficient (Wildman–Crippen LogP) is 2.41. The molecule has 0 spiro atoms. The van der Waals surface area contributed by atoms with Crippen LogP contribution in [-0.2, 0) is 0 Å². The van der Waals surface area contributed by atoms with Crippen LogP contribution in [0.2, 0.25) is 0 Å². The smallest absolute Gasteiger partial charge is 0.166 e.